The molecule has 0 aliphatic carbocycles. The monoisotopic (exact) mass is 287 g/mol. The summed E-state index contributed by atoms with van der Waals surface area (Å²) in [6, 6.07) is 0. The molecular formula is C6H9NS6. The van der Waals surface area contributed by atoms with Gasteiger partial charge in [0.15, 0.2) is 4.20 Å². The van der Waals surface area contributed by atoms with Crippen molar-refractivity contribution < 1.29 is 0 Å². The van der Waals surface area contributed by atoms with Gasteiger partial charge in [0.25, 0.3) is 0 Å². The van der Waals surface area contributed by atoms with E-state index in [4.69, 9.17) is 0 Å². The molecule has 1 rings (SSSR count). The maximum Gasteiger partial charge on any atom is 0.165 e. The first kappa shape index (κ1) is 12.4. The Labute approximate surface area is 111 Å². The molecule has 0 aromatic rings. The lowest BCUT2D eigenvalue weighted by molar-refractivity contribution is 0.545. The molecule has 1 aliphatic heterocycles. The second-order valence-electron chi connectivity index (χ2n) is 2.55. The number of rotatable bonds is 0. The van der Waals surface area contributed by atoms with Crippen LogP contribution < -0.4 is 0 Å². The summed E-state index contributed by atoms with van der Waals surface area (Å²) in [5.41, 5.74) is 0. The molecule has 7 heteroatoms. The average molecular weight is 288 g/mol. The topological polar surface area (TPSA) is 3.24 Å². The number of thiol groups is 6. The van der Waals surface area contributed by atoms with Crippen LogP contribution in [0.15, 0.2) is 23.3 Å². The maximum atomic E-state index is 4.36. The highest BCUT2D eigenvalue weighted by molar-refractivity contribution is 8.09. The van der Waals surface area contributed by atoms with Crippen molar-refractivity contribution in [3.63, 3.8) is 0 Å². The van der Waals surface area contributed by atoms with E-state index in [-0.39, 0.29) is 0 Å². The Morgan fingerprint density at radius 2 is 1.69 bits per heavy atom. The second-order valence-corrected chi connectivity index (χ2v) is 6.80. The number of nitrogens with zero attached hydrogens (tertiary/aromatic N) is 1. The van der Waals surface area contributed by atoms with Gasteiger partial charge in [-0.25, -0.2) is 0 Å². The predicted octanol–water partition coefficient (Wildman–Crippen LogP) is 2.54. The zero-order valence-electron chi connectivity index (χ0n) is 6.36. The fraction of sp³-hybridized carbons (Fsp3) is 0.333. The summed E-state index contributed by atoms with van der Waals surface area (Å²) < 4.78 is -0.296. The number of hydrogen-bond acceptors (Lipinski definition) is 7. The molecular weight excluding hydrogens is 278 g/mol. The predicted molar refractivity (Wildman–Crippen MR) is 78.4 cm³/mol. The molecule has 0 atom stereocenters. The van der Waals surface area contributed by atoms with E-state index < -0.39 is 8.28 Å². The van der Waals surface area contributed by atoms with Gasteiger partial charge in [-0.3, -0.25) is 4.31 Å². The van der Waals surface area contributed by atoms with Gasteiger partial charge in [-0.1, -0.05) is 12.8 Å². The van der Waals surface area contributed by atoms with E-state index in [1.165, 1.54) is 4.31 Å². The quantitative estimate of drug-likeness (QED) is 0.295. The first-order valence-electron chi connectivity index (χ1n) is 3.26. The smallest absolute Gasteiger partial charge is 0.165 e. The van der Waals surface area contributed by atoms with Gasteiger partial charge < -0.3 is 0 Å². The Morgan fingerprint density at radius 3 is 2.23 bits per heavy atom. The molecule has 0 N–H and O–H groups in total. The first-order chi connectivity index (χ1) is 5.80. The van der Waals surface area contributed by atoms with E-state index in [9.17, 15) is 0 Å². The molecule has 0 saturated heterocycles. The fourth-order valence-electron chi connectivity index (χ4n) is 0.767. The van der Waals surface area contributed by atoms with Crippen molar-refractivity contribution in [1.29, 1.82) is 0 Å². The van der Waals surface area contributed by atoms with Gasteiger partial charge in [-0.2, -0.15) is 25.3 Å². The van der Waals surface area contributed by atoms with Crippen LogP contribution in [0.5, 0.6) is 0 Å². The van der Waals surface area contributed by atoms with E-state index >= 15 is 0 Å². The zero-order chi connectivity index (χ0) is 10.3. The van der Waals surface area contributed by atoms with Crippen LogP contribution in [0.1, 0.15) is 0 Å². The van der Waals surface area contributed by atoms with Gasteiger partial charge in [-0.15, -0.1) is 37.9 Å². The van der Waals surface area contributed by atoms with Gasteiger partial charge in [0.2, 0.25) is 0 Å². The molecule has 1 aliphatic rings. The van der Waals surface area contributed by atoms with Gasteiger partial charge in [0.1, 0.15) is 4.08 Å². The highest BCUT2D eigenvalue weighted by Gasteiger charge is 2.47. The first-order valence-corrected chi connectivity index (χ1v) is 5.89. The molecule has 1 heterocycles. The van der Waals surface area contributed by atoms with Crippen molar-refractivity contribution >= 4 is 76.0 Å². The summed E-state index contributed by atoms with van der Waals surface area (Å²) in [4.78, 5) is 0.664. The minimum absolute atomic E-state index is 0.664. The number of hydrogen-bond donors (Lipinski definition) is 6. The molecule has 0 bridgehead atoms. The van der Waals surface area contributed by atoms with Gasteiger partial charge in [0.05, 0.1) is 0 Å². The van der Waals surface area contributed by atoms with Crippen LogP contribution >= 0.6 is 76.0 Å². The zero-order valence-corrected chi connectivity index (χ0v) is 11.7. The third-order valence-electron chi connectivity index (χ3n) is 1.63. The Bertz CT molecular complexity index is 268. The van der Waals surface area contributed by atoms with Crippen molar-refractivity contribution in [1.82, 2.24) is 4.31 Å². The largest absolute Gasteiger partial charge is 0.298 e. The summed E-state index contributed by atoms with van der Waals surface area (Å²) in [7, 11) is 0. The van der Waals surface area contributed by atoms with Crippen molar-refractivity contribution in [3.8, 4) is 0 Å². The second kappa shape index (κ2) is 4.09. The van der Waals surface area contributed by atoms with Crippen molar-refractivity contribution in [2.24, 2.45) is 0 Å². The molecule has 0 spiro atoms. The van der Waals surface area contributed by atoms with Crippen LogP contribution in [0.3, 0.4) is 0 Å². The van der Waals surface area contributed by atoms with Gasteiger partial charge in [-0.05, 0) is 12.2 Å². The molecule has 74 valence electrons. The van der Waals surface area contributed by atoms with Crippen LogP contribution in [0.25, 0.3) is 0 Å². The minimum Gasteiger partial charge on any atom is -0.298 e. The lowest BCUT2D eigenvalue weighted by atomic mass is 10.3. The SMILES string of the molecule is SC1=CC=CN(S)C(S)(S)C1(S)S. The number of allylic oxidation sites excluding steroid dienone is 2. The van der Waals surface area contributed by atoms with E-state index in [1.54, 1.807) is 18.4 Å². The molecule has 0 fully saturated rings. The molecule has 0 unspecified atom stereocenters. The van der Waals surface area contributed by atoms with Crippen molar-refractivity contribution in [2.45, 2.75) is 8.28 Å². The highest BCUT2D eigenvalue weighted by Crippen LogP contribution is 2.51. The van der Waals surface area contributed by atoms with E-state index in [1.807, 2.05) is 0 Å². The normalized spacial score (nSPS) is 25.4. The summed E-state index contributed by atoms with van der Waals surface area (Å²) in [5.74, 6) is 0. The van der Waals surface area contributed by atoms with E-state index in [0.717, 1.165) is 0 Å². The van der Waals surface area contributed by atoms with Gasteiger partial charge in [0, 0.05) is 11.1 Å². The van der Waals surface area contributed by atoms with E-state index in [2.05, 4.69) is 76.0 Å². The minimum atomic E-state index is -0.928. The molecule has 1 nitrogen and oxygen atoms in total. The van der Waals surface area contributed by atoms with Crippen LogP contribution in [0.4, 0.5) is 0 Å². The van der Waals surface area contributed by atoms with Crippen LogP contribution in [-0.2, 0) is 0 Å². The summed E-state index contributed by atoms with van der Waals surface area (Å²) in [6.45, 7) is 0. The Kier molecular flexibility index (Phi) is 3.92. The molecule has 0 amide bonds. The summed E-state index contributed by atoms with van der Waals surface area (Å²) in [6.07, 6.45) is 5.28. The standard InChI is InChI=1S/C6H9NS6/c8-4-2-1-3-7(13)6(11,12)5(4,9)10/h1-3,8-13H. The summed E-state index contributed by atoms with van der Waals surface area (Å²) >= 11 is 25.9. The van der Waals surface area contributed by atoms with Crippen molar-refractivity contribution in [3.05, 3.63) is 23.3 Å². The molecule has 13 heavy (non-hydrogen) atoms. The van der Waals surface area contributed by atoms with E-state index in [0.29, 0.717) is 4.91 Å². The third kappa shape index (κ3) is 2.15. The lowest BCUT2D eigenvalue weighted by Gasteiger charge is -2.41. The van der Waals surface area contributed by atoms with Crippen LogP contribution in [0.2, 0.25) is 0 Å². The van der Waals surface area contributed by atoms with Crippen molar-refractivity contribution in [2.75, 3.05) is 0 Å². The highest BCUT2D eigenvalue weighted by atomic mass is 32.2. The molecule has 0 saturated carbocycles. The third-order valence-corrected chi connectivity index (χ3v) is 6.15. The Morgan fingerprint density at radius 1 is 1.15 bits per heavy atom. The van der Waals surface area contributed by atoms with Crippen LogP contribution in [-0.4, -0.2) is 12.6 Å². The Hall–Kier alpha value is 1.38. The average Bonchev–Trinajstić information content (AvgIpc) is 2.06. The molecule has 0 radical (unpaired) electrons. The lowest BCUT2D eigenvalue weighted by Crippen LogP contribution is -2.45. The fourth-order valence-corrected chi connectivity index (χ4v) is 2.32. The van der Waals surface area contributed by atoms with Gasteiger partial charge >= 0.3 is 0 Å². The van der Waals surface area contributed by atoms with Crippen LogP contribution in [0, 0.1) is 0 Å². The summed E-state index contributed by atoms with van der Waals surface area (Å²) in [5, 5.41) is 0. The Balaban J connectivity index is 3.19. The molecule has 0 aromatic heterocycles. The molecule has 0 aromatic carbocycles. The maximum absolute atomic E-state index is 4.36.